The van der Waals surface area contributed by atoms with Gasteiger partial charge in [0, 0.05) is 30.5 Å². The van der Waals surface area contributed by atoms with Crippen molar-refractivity contribution in [3.8, 4) is 0 Å². The molecule has 1 amide bonds. The van der Waals surface area contributed by atoms with Crippen molar-refractivity contribution < 1.29 is 4.79 Å². The van der Waals surface area contributed by atoms with Crippen molar-refractivity contribution in [3.63, 3.8) is 0 Å². The molecule has 3 heterocycles. The Morgan fingerprint density at radius 1 is 1.14 bits per heavy atom. The first-order valence-electron chi connectivity index (χ1n) is 11.0. The zero-order valence-electron chi connectivity index (χ0n) is 17.2. The molecule has 1 aliphatic carbocycles. The number of rotatable bonds is 4. The average molecular weight is 381 g/mol. The first kappa shape index (κ1) is 19.2. The Bertz CT molecular complexity index is 861. The maximum atomic E-state index is 13.0. The van der Waals surface area contributed by atoms with Crippen LogP contribution >= 0.6 is 0 Å². The predicted molar refractivity (Wildman–Crippen MR) is 112 cm³/mol. The molecule has 0 radical (unpaired) electrons. The molecule has 0 bridgehead atoms. The largest absolute Gasteiger partial charge is 0.334 e. The Kier molecular flexibility index (Phi) is 5.79. The molecule has 1 aliphatic heterocycles. The Morgan fingerprint density at radius 3 is 2.75 bits per heavy atom. The third-order valence-corrected chi connectivity index (χ3v) is 6.12. The van der Waals surface area contributed by atoms with Gasteiger partial charge in [-0.05, 0) is 37.2 Å². The summed E-state index contributed by atoms with van der Waals surface area (Å²) < 4.78 is 1.88. The molecule has 1 fully saturated rings. The highest BCUT2D eigenvalue weighted by Gasteiger charge is 2.22. The minimum Gasteiger partial charge on any atom is -0.334 e. The standard InChI is InChI=1S/C23H32N4O/c1-17(2)21-15-19(14-18-10-6-5-7-11-18)24-22-16-20(25-27(21)22)23(28)26-12-8-3-4-9-13-26/h3,8,15-18H,4-7,9-14H2,1-2H3. The van der Waals surface area contributed by atoms with E-state index in [1.54, 1.807) is 0 Å². The summed E-state index contributed by atoms with van der Waals surface area (Å²) in [6, 6.07) is 4.09. The molecule has 0 spiro atoms. The van der Waals surface area contributed by atoms with Crippen LogP contribution in [0.5, 0.6) is 0 Å². The second kappa shape index (κ2) is 8.46. The Labute approximate surface area is 167 Å². The van der Waals surface area contributed by atoms with Crippen LogP contribution in [0.2, 0.25) is 0 Å². The Hall–Kier alpha value is -2.17. The van der Waals surface area contributed by atoms with Crippen LogP contribution in [0.25, 0.3) is 5.65 Å². The van der Waals surface area contributed by atoms with Gasteiger partial charge >= 0.3 is 0 Å². The van der Waals surface area contributed by atoms with Gasteiger partial charge in [0.25, 0.3) is 5.91 Å². The van der Waals surface area contributed by atoms with Crippen molar-refractivity contribution in [2.45, 2.75) is 71.1 Å². The molecule has 2 aromatic rings. The van der Waals surface area contributed by atoms with Gasteiger partial charge in [-0.25, -0.2) is 9.50 Å². The van der Waals surface area contributed by atoms with E-state index in [0.717, 1.165) is 48.8 Å². The number of aromatic nitrogens is 3. The Morgan fingerprint density at radius 2 is 1.96 bits per heavy atom. The van der Waals surface area contributed by atoms with Crippen molar-refractivity contribution in [1.82, 2.24) is 19.5 Å². The van der Waals surface area contributed by atoms with Crippen molar-refractivity contribution in [3.05, 3.63) is 41.4 Å². The molecule has 0 atom stereocenters. The number of hydrogen-bond acceptors (Lipinski definition) is 3. The van der Waals surface area contributed by atoms with Gasteiger partial charge in [-0.1, -0.05) is 58.1 Å². The number of carbonyl (C=O) groups excluding carboxylic acids is 1. The highest BCUT2D eigenvalue weighted by molar-refractivity contribution is 5.93. The zero-order valence-corrected chi connectivity index (χ0v) is 17.2. The van der Waals surface area contributed by atoms with Gasteiger partial charge in [0.15, 0.2) is 11.3 Å². The van der Waals surface area contributed by atoms with E-state index in [2.05, 4.69) is 37.2 Å². The minimum absolute atomic E-state index is 0.0144. The van der Waals surface area contributed by atoms with Crippen molar-refractivity contribution in [2.24, 2.45) is 5.92 Å². The molecule has 4 rings (SSSR count). The van der Waals surface area contributed by atoms with Crippen LogP contribution in [-0.4, -0.2) is 38.5 Å². The molecule has 150 valence electrons. The third-order valence-electron chi connectivity index (χ3n) is 6.12. The van der Waals surface area contributed by atoms with Crippen molar-refractivity contribution >= 4 is 11.6 Å². The molecular weight excluding hydrogens is 348 g/mol. The van der Waals surface area contributed by atoms with E-state index in [-0.39, 0.29) is 5.91 Å². The second-order valence-electron chi connectivity index (χ2n) is 8.70. The molecule has 2 aliphatic rings. The van der Waals surface area contributed by atoms with Crippen molar-refractivity contribution in [1.29, 1.82) is 0 Å². The van der Waals surface area contributed by atoms with E-state index in [0.29, 0.717) is 18.2 Å². The van der Waals surface area contributed by atoms with Crippen LogP contribution in [0.3, 0.4) is 0 Å². The molecule has 5 nitrogen and oxygen atoms in total. The highest BCUT2D eigenvalue weighted by Crippen LogP contribution is 2.28. The summed E-state index contributed by atoms with van der Waals surface area (Å²) >= 11 is 0. The monoisotopic (exact) mass is 380 g/mol. The normalized spacial score (nSPS) is 18.8. The number of amides is 1. The summed E-state index contributed by atoms with van der Waals surface area (Å²) in [5.41, 5.74) is 3.62. The smallest absolute Gasteiger partial charge is 0.274 e. The van der Waals surface area contributed by atoms with Gasteiger partial charge in [0.1, 0.15) is 0 Å². The molecule has 0 aromatic carbocycles. The van der Waals surface area contributed by atoms with Crippen LogP contribution in [0.15, 0.2) is 24.3 Å². The summed E-state index contributed by atoms with van der Waals surface area (Å²) in [7, 11) is 0. The lowest BCUT2D eigenvalue weighted by Gasteiger charge is -2.21. The summed E-state index contributed by atoms with van der Waals surface area (Å²) in [6.45, 7) is 5.82. The van der Waals surface area contributed by atoms with Gasteiger partial charge < -0.3 is 4.90 Å². The Balaban J connectivity index is 1.64. The topological polar surface area (TPSA) is 50.5 Å². The molecule has 5 heteroatoms. The molecule has 2 aromatic heterocycles. The fraction of sp³-hybridized carbons (Fsp3) is 0.609. The van der Waals surface area contributed by atoms with Gasteiger partial charge in [0.2, 0.25) is 0 Å². The lowest BCUT2D eigenvalue weighted by atomic mass is 9.86. The van der Waals surface area contributed by atoms with Gasteiger partial charge in [-0.2, -0.15) is 5.10 Å². The van der Waals surface area contributed by atoms with Crippen LogP contribution in [-0.2, 0) is 6.42 Å². The highest BCUT2D eigenvalue weighted by atomic mass is 16.2. The number of hydrogen-bond donors (Lipinski definition) is 0. The summed E-state index contributed by atoms with van der Waals surface area (Å²) in [4.78, 5) is 19.8. The molecule has 0 unspecified atom stereocenters. The average Bonchev–Trinajstić information content (AvgIpc) is 2.93. The second-order valence-corrected chi connectivity index (χ2v) is 8.70. The van der Waals surface area contributed by atoms with Crippen LogP contribution in [0, 0.1) is 5.92 Å². The van der Waals surface area contributed by atoms with Crippen LogP contribution in [0.4, 0.5) is 0 Å². The number of carbonyl (C=O) groups is 1. The van der Waals surface area contributed by atoms with Crippen molar-refractivity contribution in [2.75, 3.05) is 13.1 Å². The minimum atomic E-state index is 0.0144. The van der Waals surface area contributed by atoms with E-state index < -0.39 is 0 Å². The lowest BCUT2D eigenvalue weighted by Crippen LogP contribution is -2.31. The molecule has 28 heavy (non-hydrogen) atoms. The summed E-state index contributed by atoms with van der Waals surface area (Å²) in [5.74, 6) is 1.09. The molecule has 1 saturated carbocycles. The maximum absolute atomic E-state index is 13.0. The van der Waals surface area contributed by atoms with E-state index in [4.69, 9.17) is 4.98 Å². The van der Waals surface area contributed by atoms with Crippen LogP contribution in [0.1, 0.15) is 86.6 Å². The number of fused-ring (bicyclic) bond motifs is 1. The quantitative estimate of drug-likeness (QED) is 0.718. The molecular formula is C23H32N4O. The maximum Gasteiger partial charge on any atom is 0.274 e. The fourth-order valence-electron chi connectivity index (χ4n) is 4.52. The number of nitrogens with zero attached hydrogens (tertiary/aromatic N) is 4. The first-order chi connectivity index (χ1) is 13.6. The van der Waals surface area contributed by atoms with E-state index in [1.807, 2.05) is 15.5 Å². The number of allylic oxidation sites excluding steroid dienone is 1. The lowest BCUT2D eigenvalue weighted by molar-refractivity contribution is 0.0769. The fourth-order valence-corrected chi connectivity index (χ4v) is 4.52. The zero-order chi connectivity index (χ0) is 19.5. The van der Waals surface area contributed by atoms with Crippen LogP contribution < -0.4 is 0 Å². The molecule has 0 saturated heterocycles. The van der Waals surface area contributed by atoms with Gasteiger partial charge in [-0.15, -0.1) is 0 Å². The van der Waals surface area contributed by atoms with E-state index in [1.165, 1.54) is 32.1 Å². The van der Waals surface area contributed by atoms with Gasteiger partial charge in [-0.3, -0.25) is 4.79 Å². The third kappa shape index (κ3) is 4.13. The van der Waals surface area contributed by atoms with Gasteiger partial charge in [0.05, 0.1) is 0 Å². The predicted octanol–water partition coefficient (Wildman–Crippen LogP) is 4.77. The summed E-state index contributed by atoms with van der Waals surface area (Å²) in [6.07, 6.45) is 14.0. The SMILES string of the molecule is CC(C)c1cc(CC2CCCCC2)nc2cc(C(=O)N3CC=CCCC3)nn12. The van der Waals surface area contributed by atoms with E-state index in [9.17, 15) is 4.79 Å². The first-order valence-corrected chi connectivity index (χ1v) is 11.0. The molecule has 0 N–H and O–H groups in total. The summed E-state index contributed by atoms with van der Waals surface area (Å²) in [5, 5.41) is 4.67. The van der Waals surface area contributed by atoms with E-state index >= 15 is 0 Å².